The van der Waals surface area contributed by atoms with Gasteiger partial charge in [0.1, 0.15) is 6.54 Å². The summed E-state index contributed by atoms with van der Waals surface area (Å²) >= 11 is 0. The average molecular weight is 329 g/mol. The maximum atomic E-state index is 12.7. The van der Waals surface area contributed by atoms with Crippen LogP contribution >= 0.6 is 0 Å². The molecule has 2 atom stereocenters. The molecule has 2 fully saturated rings. The van der Waals surface area contributed by atoms with Gasteiger partial charge in [-0.15, -0.1) is 0 Å². The van der Waals surface area contributed by atoms with Crippen molar-refractivity contribution in [2.24, 2.45) is 17.6 Å². The maximum absolute atomic E-state index is 12.7. The van der Waals surface area contributed by atoms with Crippen molar-refractivity contribution in [3.8, 4) is 0 Å². The number of nitrogens with two attached hydrogens (primary N) is 1. The van der Waals surface area contributed by atoms with E-state index in [1.807, 2.05) is 0 Å². The normalized spacial score (nSPS) is 25.0. The van der Waals surface area contributed by atoms with Crippen LogP contribution in [-0.4, -0.2) is 34.5 Å². The third-order valence-corrected chi connectivity index (χ3v) is 4.61. The van der Waals surface area contributed by atoms with E-state index in [0.717, 1.165) is 29.5 Å². The summed E-state index contributed by atoms with van der Waals surface area (Å²) in [5, 5.41) is 0. The molecule has 0 bridgehead atoms. The van der Waals surface area contributed by atoms with E-state index in [1.165, 1.54) is 0 Å². The summed E-state index contributed by atoms with van der Waals surface area (Å²) in [5.74, 6) is 0.446. The summed E-state index contributed by atoms with van der Waals surface area (Å²) in [6.07, 6.45) is -1.62. The van der Waals surface area contributed by atoms with Gasteiger partial charge in [-0.3, -0.25) is 9.59 Å². The molecule has 1 aliphatic heterocycles. The monoisotopic (exact) mass is 329 g/mol. The van der Waals surface area contributed by atoms with Crippen LogP contribution in [0.1, 0.15) is 18.4 Å². The fraction of sp³-hybridized carbons (Fsp3) is 0.600. The Morgan fingerprint density at radius 3 is 2.57 bits per heavy atom. The van der Waals surface area contributed by atoms with E-state index in [4.69, 9.17) is 5.73 Å². The molecular weight excluding hydrogens is 311 g/mol. The van der Waals surface area contributed by atoms with Crippen molar-refractivity contribution in [3.63, 3.8) is 0 Å². The van der Waals surface area contributed by atoms with Gasteiger partial charge in [0.2, 0.25) is 5.91 Å². The van der Waals surface area contributed by atoms with Gasteiger partial charge in [0, 0.05) is 31.4 Å². The van der Waals surface area contributed by atoms with Gasteiger partial charge in [0.05, 0.1) is 5.56 Å². The third kappa shape index (κ3) is 3.41. The van der Waals surface area contributed by atoms with Crippen LogP contribution in [0.2, 0.25) is 0 Å². The fourth-order valence-corrected chi connectivity index (χ4v) is 3.15. The van der Waals surface area contributed by atoms with E-state index in [0.29, 0.717) is 25.2 Å². The summed E-state index contributed by atoms with van der Waals surface area (Å²) in [5.41, 5.74) is 4.46. The number of alkyl halides is 3. The van der Waals surface area contributed by atoms with E-state index in [2.05, 4.69) is 0 Å². The molecule has 1 aromatic heterocycles. The highest BCUT2D eigenvalue weighted by molar-refractivity contribution is 5.76. The number of aromatic nitrogens is 1. The van der Waals surface area contributed by atoms with Gasteiger partial charge < -0.3 is 15.2 Å². The molecule has 5 nitrogen and oxygen atoms in total. The fourth-order valence-electron chi connectivity index (χ4n) is 3.15. The van der Waals surface area contributed by atoms with Gasteiger partial charge in [-0.05, 0) is 30.7 Å². The maximum Gasteiger partial charge on any atom is 0.417 e. The number of hydrogen-bond acceptors (Lipinski definition) is 3. The van der Waals surface area contributed by atoms with Crippen molar-refractivity contribution in [1.29, 1.82) is 0 Å². The minimum atomic E-state index is -4.55. The molecule has 0 aromatic carbocycles. The van der Waals surface area contributed by atoms with Gasteiger partial charge in [0.15, 0.2) is 0 Å². The number of nitrogens with zero attached hydrogens (tertiary/aromatic N) is 2. The van der Waals surface area contributed by atoms with Crippen molar-refractivity contribution < 1.29 is 18.0 Å². The Labute approximate surface area is 130 Å². The molecule has 0 spiro atoms. The lowest BCUT2D eigenvalue weighted by molar-refractivity contribution is -0.138. The lowest BCUT2D eigenvalue weighted by Gasteiger charge is -2.17. The van der Waals surface area contributed by atoms with E-state index in [9.17, 15) is 22.8 Å². The number of amides is 1. The Kier molecular flexibility index (Phi) is 3.95. The number of carbonyl (C=O) groups is 1. The van der Waals surface area contributed by atoms with Crippen LogP contribution < -0.4 is 11.3 Å². The molecule has 8 heteroatoms. The van der Waals surface area contributed by atoms with Crippen molar-refractivity contribution >= 4 is 5.91 Å². The summed E-state index contributed by atoms with van der Waals surface area (Å²) in [7, 11) is 0. The molecule has 23 heavy (non-hydrogen) atoms. The molecule has 1 aromatic rings. The zero-order chi connectivity index (χ0) is 16.8. The quantitative estimate of drug-likeness (QED) is 0.902. The third-order valence-electron chi connectivity index (χ3n) is 4.61. The molecule has 126 valence electrons. The molecule has 1 saturated heterocycles. The minimum absolute atomic E-state index is 0.0929. The summed E-state index contributed by atoms with van der Waals surface area (Å²) in [4.78, 5) is 25.5. The highest BCUT2D eigenvalue weighted by Gasteiger charge is 2.42. The Morgan fingerprint density at radius 2 is 1.96 bits per heavy atom. The molecular formula is C15H18F3N3O2. The number of halogens is 3. The zero-order valence-corrected chi connectivity index (χ0v) is 12.4. The van der Waals surface area contributed by atoms with Crippen molar-refractivity contribution in [1.82, 2.24) is 9.47 Å². The first-order chi connectivity index (χ1) is 10.8. The Bertz CT molecular complexity index is 667. The predicted octanol–water partition coefficient (Wildman–Crippen LogP) is 1.06. The molecule has 2 N–H and O–H groups in total. The van der Waals surface area contributed by atoms with Crippen molar-refractivity contribution in [2.45, 2.75) is 31.6 Å². The van der Waals surface area contributed by atoms with E-state index >= 15 is 0 Å². The van der Waals surface area contributed by atoms with Gasteiger partial charge in [-0.1, -0.05) is 0 Å². The minimum Gasteiger partial charge on any atom is -0.339 e. The Morgan fingerprint density at radius 1 is 1.26 bits per heavy atom. The highest BCUT2D eigenvalue weighted by atomic mass is 19.4. The van der Waals surface area contributed by atoms with E-state index in [1.54, 1.807) is 4.90 Å². The second kappa shape index (κ2) is 5.67. The molecule has 1 amide bonds. The first kappa shape index (κ1) is 16.0. The van der Waals surface area contributed by atoms with E-state index in [-0.39, 0.29) is 17.9 Å². The first-order valence-corrected chi connectivity index (χ1v) is 7.57. The lowest BCUT2D eigenvalue weighted by atomic mass is 9.99. The smallest absolute Gasteiger partial charge is 0.339 e. The van der Waals surface area contributed by atoms with Crippen molar-refractivity contribution in [3.05, 3.63) is 34.2 Å². The molecule has 0 radical (unpaired) electrons. The largest absolute Gasteiger partial charge is 0.417 e. The predicted molar refractivity (Wildman–Crippen MR) is 76.5 cm³/mol. The lowest BCUT2D eigenvalue weighted by Crippen LogP contribution is -2.36. The molecule has 1 aliphatic carbocycles. The summed E-state index contributed by atoms with van der Waals surface area (Å²) in [6, 6.07) is 1.46. The van der Waals surface area contributed by atoms with Crippen LogP contribution in [-0.2, 0) is 17.5 Å². The van der Waals surface area contributed by atoms with E-state index < -0.39 is 23.8 Å². The van der Waals surface area contributed by atoms with Crippen LogP contribution in [0, 0.1) is 11.8 Å². The first-order valence-electron chi connectivity index (χ1n) is 7.57. The van der Waals surface area contributed by atoms with Gasteiger partial charge >= 0.3 is 6.18 Å². The Hall–Kier alpha value is -1.83. The SMILES string of the molecule is N[C@@H]1CN(C(=O)Cn2cc(C(F)(F)F)ccc2=O)C[C@H]1C1CC1. The molecule has 0 unspecified atom stereocenters. The molecule has 1 saturated carbocycles. The Balaban J connectivity index is 1.72. The number of carbonyl (C=O) groups excluding carboxylic acids is 1. The van der Waals surface area contributed by atoms with Crippen molar-refractivity contribution in [2.75, 3.05) is 13.1 Å². The van der Waals surface area contributed by atoms with Gasteiger partial charge in [-0.25, -0.2) is 0 Å². The highest BCUT2D eigenvalue weighted by Crippen LogP contribution is 2.40. The number of likely N-dealkylation sites (tertiary alicyclic amines) is 1. The topological polar surface area (TPSA) is 68.3 Å². The van der Waals surface area contributed by atoms with Crippen LogP contribution in [0.15, 0.2) is 23.1 Å². The van der Waals surface area contributed by atoms with Crippen LogP contribution in [0.25, 0.3) is 0 Å². The summed E-state index contributed by atoms with van der Waals surface area (Å²) in [6.45, 7) is 0.527. The van der Waals surface area contributed by atoms with Gasteiger partial charge in [-0.2, -0.15) is 13.2 Å². The number of hydrogen-bond donors (Lipinski definition) is 1. The average Bonchev–Trinajstić information content (AvgIpc) is 3.22. The zero-order valence-electron chi connectivity index (χ0n) is 12.4. The molecule has 2 aliphatic rings. The summed E-state index contributed by atoms with van der Waals surface area (Å²) < 4.78 is 38.9. The molecule has 2 heterocycles. The number of pyridine rings is 1. The second-order valence-corrected chi connectivity index (χ2v) is 6.35. The standard InChI is InChI=1S/C15H18F3N3O2/c16-15(17,18)10-3-4-13(22)20(5-10)8-14(23)21-6-11(9-1-2-9)12(19)7-21/h3-5,9,11-12H,1-2,6-8,19H2/t11-,12+/m0/s1. The van der Waals surface area contributed by atoms with Gasteiger partial charge in [0.25, 0.3) is 5.56 Å². The second-order valence-electron chi connectivity index (χ2n) is 6.35. The number of rotatable bonds is 3. The molecule has 3 rings (SSSR count). The van der Waals surface area contributed by atoms with Crippen LogP contribution in [0.4, 0.5) is 13.2 Å². The van der Waals surface area contributed by atoms with Crippen LogP contribution in [0.3, 0.4) is 0 Å². The van der Waals surface area contributed by atoms with Crippen LogP contribution in [0.5, 0.6) is 0 Å².